The lowest BCUT2D eigenvalue weighted by Crippen LogP contribution is -2.54. The number of carbonyl (C=O) groups excluding carboxylic acids is 4. The number of hydrogen-bond donors (Lipinski definition) is 3. The zero-order chi connectivity index (χ0) is 23.2. The maximum absolute atomic E-state index is 12.6. The van der Waals surface area contributed by atoms with Crippen LogP contribution in [0.4, 0.5) is 0 Å². The predicted molar refractivity (Wildman–Crippen MR) is 110 cm³/mol. The molecule has 2 rings (SSSR count). The number of methoxy groups -OCH3 is 1. The number of nitrogens with one attached hydrogen (secondary N) is 3. The molecule has 0 saturated carbocycles. The molecule has 11 heteroatoms. The highest BCUT2D eigenvalue weighted by molar-refractivity contribution is 6.39. The van der Waals surface area contributed by atoms with Gasteiger partial charge in [0.25, 0.3) is 5.91 Å². The molecule has 0 spiro atoms. The van der Waals surface area contributed by atoms with Crippen LogP contribution in [0.2, 0.25) is 0 Å². The lowest BCUT2D eigenvalue weighted by molar-refractivity contribution is -0.132. The van der Waals surface area contributed by atoms with Crippen LogP contribution in [-0.4, -0.2) is 79.9 Å². The first-order valence-electron chi connectivity index (χ1n) is 10.3. The van der Waals surface area contributed by atoms with Gasteiger partial charge in [-0.15, -0.1) is 0 Å². The largest absolute Gasteiger partial charge is 0.392 e. The van der Waals surface area contributed by atoms with E-state index >= 15 is 0 Å². The van der Waals surface area contributed by atoms with Crippen LogP contribution < -0.4 is 16.0 Å². The molecule has 3 amide bonds. The summed E-state index contributed by atoms with van der Waals surface area (Å²) < 4.78 is 10.2. The minimum absolute atomic E-state index is 0.0902. The summed E-state index contributed by atoms with van der Waals surface area (Å²) in [5, 5.41) is 11.4. The van der Waals surface area contributed by atoms with Crippen LogP contribution in [0.25, 0.3) is 0 Å². The highest BCUT2D eigenvalue weighted by Gasteiger charge is 2.50. The number of ether oxygens (including phenoxy) is 2. The van der Waals surface area contributed by atoms with Crippen LogP contribution in [0.3, 0.4) is 0 Å². The smallest absolute Gasteiger partial charge is 0.269 e. The highest BCUT2D eigenvalue weighted by atomic mass is 16.6. The van der Waals surface area contributed by atoms with Crippen molar-refractivity contribution in [3.05, 3.63) is 0 Å². The van der Waals surface area contributed by atoms with Gasteiger partial charge < -0.3 is 30.3 Å². The van der Waals surface area contributed by atoms with Crippen molar-refractivity contribution in [3.8, 4) is 0 Å². The summed E-state index contributed by atoms with van der Waals surface area (Å²) in [5.41, 5.74) is -0.668. The molecule has 3 unspecified atom stereocenters. The number of ketones is 1. The molecule has 2 aliphatic heterocycles. The van der Waals surface area contributed by atoms with E-state index in [0.717, 1.165) is 0 Å². The molecule has 0 aromatic carbocycles. The third-order valence-corrected chi connectivity index (χ3v) is 4.92. The minimum atomic E-state index is -1.02. The number of hydrogen-bond acceptors (Lipinski definition) is 8. The van der Waals surface area contributed by atoms with Crippen molar-refractivity contribution < 1.29 is 33.5 Å². The quantitative estimate of drug-likeness (QED) is 0.340. The van der Waals surface area contributed by atoms with Crippen molar-refractivity contribution in [2.45, 2.75) is 64.3 Å². The topological polar surface area (TPSA) is 148 Å². The maximum Gasteiger partial charge on any atom is 0.269 e. The zero-order valence-electron chi connectivity index (χ0n) is 18.6. The average molecular weight is 440 g/mol. The van der Waals surface area contributed by atoms with E-state index in [1.165, 1.54) is 7.11 Å². The fourth-order valence-electron chi connectivity index (χ4n) is 3.08. The standard InChI is InChI=1S/C20H32N4O7/c1-11(2)6-13(17(26)20(4)10-30-20)22-16(25)8-21-18(27)15(9-29-5)23-19(28)14-7-12(3)31-24-14/h11-13,15H,6-10H2,1-5H3,(H,21,27)(H,22,25)(H,23,28)/t12?,13?,15?,20-/m1/s1. The first-order valence-corrected chi connectivity index (χ1v) is 10.3. The molecule has 2 heterocycles. The summed E-state index contributed by atoms with van der Waals surface area (Å²) in [5.74, 6) is -1.65. The van der Waals surface area contributed by atoms with Crippen LogP contribution in [0.1, 0.15) is 40.5 Å². The lowest BCUT2D eigenvalue weighted by atomic mass is 9.93. The van der Waals surface area contributed by atoms with E-state index in [1.54, 1.807) is 13.8 Å². The summed E-state index contributed by atoms with van der Waals surface area (Å²) in [6.45, 7) is 7.25. The molecule has 2 aliphatic rings. The third-order valence-electron chi connectivity index (χ3n) is 4.92. The molecule has 3 N–H and O–H groups in total. The molecule has 31 heavy (non-hydrogen) atoms. The first-order chi connectivity index (χ1) is 14.6. The molecule has 4 atom stereocenters. The van der Waals surface area contributed by atoms with E-state index in [2.05, 4.69) is 21.1 Å². The van der Waals surface area contributed by atoms with Gasteiger partial charge in [-0.2, -0.15) is 0 Å². The Balaban J connectivity index is 1.87. The van der Waals surface area contributed by atoms with Gasteiger partial charge in [0, 0.05) is 13.5 Å². The van der Waals surface area contributed by atoms with E-state index < -0.39 is 35.4 Å². The second-order valence-electron chi connectivity index (χ2n) is 8.49. The van der Waals surface area contributed by atoms with Gasteiger partial charge in [0.2, 0.25) is 11.8 Å². The van der Waals surface area contributed by atoms with Gasteiger partial charge >= 0.3 is 0 Å². The third kappa shape index (κ3) is 7.28. The van der Waals surface area contributed by atoms with Crippen LogP contribution in [0, 0.1) is 5.92 Å². The summed E-state index contributed by atoms with van der Waals surface area (Å²) in [4.78, 5) is 54.7. The number of carbonyl (C=O) groups is 4. The summed E-state index contributed by atoms with van der Waals surface area (Å²) in [6, 6.07) is -1.72. The van der Waals surface area contributed by atoms with E-state index in [1.807, 2.05) is 13.8 Å². The van der Waals surface area contributed by atoms with E-state index in [0.29, 0.717) is 19.4 Å². The molecule has 11 nitrogen and oxygen atoms in total. The van der Waals surface area contributed by atoms with Gasteiger partial charge in [0.1, 0.15) is 23.5 Å². The molecule has 0 radical (unpaired) electrons. The molecule has 0 aromatic heterocycles. The Morgan fingerprint density at radius 3 is 2.42 bits per heavy atom. The number of rotatable bonds is 12. The molecule has 1 fully saturated rings. The number of nitrogens with zero attached hydrogens (tertiary/aromatic N) is 1. The Morgan fingerprint density at radius 1 is 1.23 bits per heavy atom. The SMILES string of the molecule is COCC(NC(=O)C1=NOC(C)C1)C(=O)NCC(=O)NC(CC(C)C)C(=O)[C@@]1(C)CO1. The first kappa shape index (κ1) is 24.7. The Kier molecular flexibility index (Phi) is 8.52. The predicted octanol–water partition coefficient (Wildman–Crippen LogP) is -0.712. The van der Waals surface area contributed by atoms with Crippen LogP contribution >= 0.6 is 0 Å². The van der Waals surface area contributed by atoms with Crippen molar-refractivity contribution in [2.75, 3.05) is 26.9 Å². The average Bonchev–Trinajstić information content (AvgIpc) is 3.30. The summed E-state index contributed by atoms with van der Waals surface area (Å²) in [6.07, 6.45) is 0.593. The molecular weight excluding hydrogens is 408 g/mol. The van der Waals surface area contributed by atoms with E-state index in [4.69, 9.17) is 14.3 Å². The normalized spacial score (nSPS) is 23.9. The number of epoxide rings is 1. The molecule has 1 saturated heterocycles. The molecule has 0 aromatic rings. The zero-order valence-corrected chi connectivity index (χ0v) is 18.6. The number of amides is 3. The Labute approximate surface area is 181 Å². The molecule has 0 bridgehead atoms. The summed E-state index contributed by atoms with van der Waals surface area (Å²) >= 11 is 0. The van der Waals surface area contributed by atoms with E-state index in [-0.39, 0.29) is 36.7 Å². The van der Waals surface area contributed by atoms with Crippen molar-refractivity contribution in [1.29, 1.82) is 0 Å². The van der Waals surface area contributed by atoms with Gasteiger partial charge in [-0.3, -0.25) is 19.2 Å². The number of oxime groups is 1. The minimum Gasteiger partial charge on any atom is -0.392 e. The highest BCUT2D eigenvalue weighted by Crippen LogP contribution is 2.29. The molecule has 174 valence electrons. The second kappa shape index (κ2) is 10.7. The number of Topliss-reactive ketones (excluding diaryl/α,β-unsaturated/α-hetero) is 1. The van der Waals surface area contributed by atoms with Crippen molar-refractivity contribution >= 4 is 29.2 Å². The van der Waals surface area contributed by atoms with Crippen molar-refractivity contribution in [1.82, 2.24) is 16.0 Å². The maximum atomic E-state index is 12.6. The van der Waals surface area contributed by atoms with Crippen molar-refractivity contribution in [3.63, 3.8) is 0 Å². The fraction of sp³-hybridized carbons (Fsp3) is 0.750. The van der Waals surface area contributed by atoms with Crippen LogP contribution in [0.15, 0.2) is 5.16 Å². The Morgan fingerprint density at radius 2 is 1.90 bits per heavy atom. The van der Waals surface area contributed by atoms with Crippen LogP contribution in [0.5, 0.6) is 0 Å². The van der Waals surface area contributed by atoms with Gasteiger partial charge in [0.05, 0.1) is 25.8 Å². The van der Waals surface area contributed by atoms with Crippen molar-refractivity contribution in [2.24, 2.45) is 11.1 Å². The second-order valence-corrected chi connectivity index (χ2v) is 8.49. The molecular formula is C20H32N4O7. The van der Waals surface area contributed by atoms with Gasteiger partial charge in [-0.25, -0.2) is 0 Å². The van der Waals surface area contributed by atoms with E-state index in [9.17, 15) is 19.2 Å². The van der Waals surface area contributed by atoms with Crippen LogP contribution in [-0.2, 0) is 33.5 Å². The molecule has 0 aliphatic carbocycles. The summed E-state index contributed by atoms with van der Waals surface area (Å²) in [7, 11) is 1.39. The monoisotopic (exact) mass is 440 g/mol. The fourth-order valence-corrected chi connectivity index (χ4v) is 3.08. The van der Waals surface area contributed by atoms with Gasteiger partial charge in [0.15, 0.2) is 5.78 Å². The Hall–Kier alpha value is -2.53. The Bertz CT molecular complexity index is 733. The van der Waals surface area contributed by atoms with Gasteiger partial charge in [-0.1, -0.05) is 19.0 Å². The van der Waals surface area contributed by atoms with Gasteiger partial charge in [-0.05, 0) is 26.2 Å². The lowest BCUT2D eigenvalue weighted by Gasteiger charge is -2.22.